The fourth-order valence-electron chi connectivity index (χ4n) is 3.54. The maximum absolute atomic E-state index is 12.4. The number of hydrogen-bond donors (Lipinski definition) is 1. The van der Waals surface area contributed by atoms with Gasteiger partial charge in [0.2, 0.25) is 0 Å². The Morgan fingerprint density at radius 2 is 2.12 bits per heavy atom. The third-order valence-corrected chi connectivity index (χ3v) is 4.84. The topological polar surface area (TPSA) is 81.9 Å². The van der Waals surface area contributed by atoms with E-state index in [9.17, 15) is 4.79 Å². The molecule has 1 saturated carbocycles. The molecule has 1 aliphatic heterocycles. The SMILES string of the molecule is O=c1cc2c(nn1C1CCC(Nc3ccncn3)CC1)CCOC2. The van der Waals surface area contributed by atoms with Gasteiger partial charge < -0.3 is 10.1 Å². The summed E-state index contributed by atoms with van der Waals surface area (Å²) < 4.78 is 7.10. The van der Waals surface area contributed by atoms with Gasteiger partial charge in [0.05, 0.1) is 24.9 Å². The van der Waals surface area contributed by atoms with Crippen LogP contribution in [-0.2, 0) is 17.8 Å². The van der Waals surface area contributed by atoms with E-state index in [-0.39, 0.29) is 11.6 Å². The molecule has 1 fully saturated rings. The van der Waals surface area contributed by atoms with Crippen LogP contribution >= 0.6 is 0 Å². The van der Waals surface area contributed by atoms with Gasteiger partial charge in [-0.3, -0.25) is 4.79 Å². The summed E-state index contributed by atoms with van der Waals surface area (Å²) >= 11 is 0. The maximum atomic E-state index is 12.4. The molecule has 1 aliphatic carbocycles. The molecular formula is C17H21N5O2. The van der Waals surface area contributed by atoms with Crippen molar-refractivity contribution in [3.05, 3.63) is 46.3 Å². The second kappa shape index (κ2) is 6.68. The summed E-state index contributed by atoms with van der Waals surface area (Å²) in [7, 11) is 0. The van der Waals surface area contributed by atoms with Gasteiger partial charge in [-0.05, 0) is 31.7 Å². The summed E-state index contributed by atoms with van der Waals surface area (Å²) in [5.41, 5.74) is 1.95. The van der Waals surface area contributed by atoms with Crippen molar-refractivity contribution in [2.45, 2.75) is 50.8 Å². The Morgan fingerprint density at radius 3 is 2.92 bits per heavy atom. The lowest BCUT2D eigenvalue weighted by molar-refractivity contribution is 0.107. The zero-order valence-electron chi connectivity index (χ0n) is 13.5. The van der Waals surface area contributed by atoms with Crippen LogP contribution in [-0.4, -0.2) is 32.4 Å². The zero-order valence-corrected chi connectivity index (χ0v) is 13.5. The third kappa shape index (κ3) is 3.17. The Labute approximate surface area is 140 Å². The third-order valence-electron chi connectivity index (χ3n) is 4.84. The van der Waals surface area contributed by atoms with E-state index in [1.165, 1.54) is 0 Å². The lowest BCUT2D eigenvalue weighted by Crippen LogP contribution is -2.35. The van der Waals surface area contributed by atoms with Gasteiger partial charge in [0, 0.05) is 30.3 Å². The summed E-state index contributed by atoms with van der Waals surface area (Å²) in [6, 6.07) is 4.16. The Balaban J connectivity index is 1.43. The number of hydrogen-bond acceptors (Lipinski definition) is 6. The van der Waals surface area contributed by atoms with Crippen LogP contribution in [0, 0.1) is 0 Å². The lowest BCUT2D eigenvalue weighted by Gasteiger charge is -2.30. The molecule has 0 saturated heterocycles. The Morgan fingerprint density at radius 1 is 1.25 bits per heavy atom. The van der Waals surface area contributed by atoms with E-state index >= 15 is 0 Å². The number of rotatable bonds is 3. The first-order valence-corrected chi connectivity index (χ1v) is 8.51. The predicted molar refractivity (Wildman–Crippen MR) is 88.8 cm³/mol. The van der Waals surface area contributed by atoms with Crippen molar-refractivity contribution in [3.63, 3.8) is 0 Å². The minimum absolute atomic E-state index is 0.00791. The zero-order chi connectivity index (χ0) is 16.4. The second-order valence-corrected chi connectivity index (χ2v) is 6.45. The summed E-state index contributed by atoms with van der Waals surface area (Å²) in [6.07, 6.45) is 7.98. The van der Waals surface area contributed by atoms with E-state index in [1.54, 1.807) is 23.3 Å². The van der Waals surface area contributed by atoms with E-state index in [4.69, 9.17) is 4.74 Å². The fraction of sp³-hybridized carbons (Fsp3) is 0.529. The molecule has 0 radical (unpaired) electrons. The monoisotopic (exact) mass is 327 g/mol. The van der Waals surface area contributed by atoms with Crippen molar-refractivity contribution in [2.75, 3.05) is 11.9 Å². The van der Waals surface area contributed by atoms with E-state index < -0.39 is 0 Å². The average molecular weight is 327 g/mol. The Hall–Kier alpha value is -2.28. The summed E-state index contributed by atoms with van der Waals surface area (Å²) in [4.78, 5) is 20.5. The molecule has 0 atom stereocenters. The smallest absolute Gasteiger partial charge is 0.267 e. The second-order valence-electron chi connectivity index (χ2n) is 6.45. The molecule has 7 heteroatoms. The van der Waals surface area contributed by atoms with Crippen molar-refractivity contribution in [1.29, 1.82) is 0 Å². The molecule has 0 aromatic carbocycles. The van der Waals surface area contributed by atoms with Crippen LogP contribution in [0.15, 0.2) is 29.5 Å². The van der Waals surface area contributed by atoms with Gasteiger partial charge in [0.25, 0.3) is 5.56 Å². The van der Waals surface area contributed by atoms with Gasteiger partial charge in [-0.15, -0.1) is 0 Å². The maximum Gasteiger partial charge on any atom is 0.267 e. The molecule has 0 bridgehead atoms. The van der Waals surface area contributed by atoms with Crippen molar-refractivity contribution >= 4 is 5.82 Å². The molecule has 4 rings (SSSR count). The fourth-order valence-corrected chi connectivity index (χ4v) is 3.54. The van der Waals surface area contributed by atoms with Gasteiger partial charge in [0.15, 0.2) is 0 Å². The molecule has 126 valence electrons. The van der Waals surface area contributed by atoms with Crippen LogP contribution in [0.1, 0.15) is 43.0 Å². The molecule has 1 N–H and O–H groups in total. The predicted octanol–water partition coefficient (Wildman–Crippen LogP) is 1.70. The van der Waals surface area contributed by atoms with Gasteiger partial charge in [0.1, 0.15) is 12.1 Å². The Kier molecular flexibility index (Phi) is 4.25. The standard InChI is InChI=1S/C17H21N5O2/c23-17-9-12-10-24-8-6-15(12)21-22(17)14-3-1-13(2-4-14)20-16-5-7-18-11-19-16/h5,7,9,11,13-14H,1-4,6,8,10H2,(H,18,19,20). The van der Waals surface area contributed by atoms with Crippen LogP contribution in [0.4, 0.5) is 5.82 Å². The molecule has 0 spiro atoms. The highest BCUT2D eigenvalue weighted by Gasteiger charge is 2.25. The van der Waals surface area contributed by atoms with Gasteiger partial charge in [-0.25, -0.2) is 14.6 Å². The molecular weight excluding hydrogens is 306 g/mol. The van der Waals surface area contributed by atoms with Crippen molar-refractivity contribution < 1.29 is 4.74 Å². The largest absolute Gasteiger partial charge is 0.376 e. The van der Waals surface area contributed by atoms with Gasteiger partial charge >= 0.3 is 0 Å². The highest BCUT2D eigenvalue weighted by molar-refractivity contribution is 5.33. The number of aromatic nitrogens is 4. The quantitative estimate of drug-likeness (QED) is 0.924. The molecule has 2 aromatic heterocycles. The average Bonchev–Trinajstić information content (AvgIpc) is 2.63. The lowest BCUT2D eigenvalue weighted by atomic mass is 9.91. The van der Waals surface area contributed by atoms with E-state index in [1.807, 2.05) is 6.07 Å². The van der Waals surface area contributed by atoms with Gasteiger partial charge in [-0.2, -0.15) is 5.10 Å². The number of ether oxygens (including phenoxy) is 1. The first-order valence-electron chi connectivity index (χ1n) is 8.51. The summed E-state index contributed by atoms with van der Waals surface area (Å²) in [6.45, 7) is 1.20. The highest BCUT2D eigenvalue weighted by atomic mass is 16.5. The minimum atomic E-state index is -0.00791. The molecule has 7 nitrogen and oxygen atoms in total. The summed E-state index contributed by atoms with van der Waals surface area (Å²) in [5.74, 6) is 0.859. The molecule has 3 heterocycles. The van der Waals surface area contributed by atoms with Crippen molar-refractivity contribution in [1.82, 2.24) is 19.7 Å². The number of nitrogens with zero attached hydrogens (tertiary/aromatic N) is 4. The summed E-state index contributed by atoms with van der Waals surface area (Å²) in [5, 5.41) is 8.07. The number of fused-ring (bicyclic) bond motifs is 1. The molecule has 2 aliphatic rings. The first kappa shape index (κ1) is 15.3. The molecule has 0 amide bonds. The molecule has 0 unspecified atom stereocenters. The normalized spacial score (nSPS) is 23.5. The van der Waals surface area contributed by atoms with E-state index in [0.29, 0.717) is 19.3 Å². The highest BCUT2D eigenvalue weighted by Crippen LogP contribution is 2.29. The van der Waals surface area contributed by atoms with Crippen LogP contribution < -0.4 is 10.9 Å². The Bertz CT molecular complexity index is 753. The van der Waals surface area contributed by atoms with E-state index in [0.717, 1.165) is 49.2 Å². The minimum Gasteiger partial charge on any atom is -0.376 e. The van der Waals surface area contributed by atoms with Crippen molar-refractivity contribution in [3.8, 4) is 0 Å². The van der Waals surface area contributed by atoms with Gasteiger partial charge in [-0.1, -0.05) is 0 Å². The first-order chi connectivity index (χ1) is 11.8. The van der Waals surface area contributed by atoms with Crippen LogP contribution in [0.2, 0.25) is 0 Å². The number of nitrogens with one attached hydrogen (secondary N) is 1. The van der Waals surface area contributed by atoms with E-state index in [2.05, 4.69) is 20.4 Å². The van der Waals surface area contributed by atoms with Crippen LogP contribution in [0.5, 0.6) is 0 Å². The van der Waals surface area contributed by atoms with Crippen molar-refractivity contribution in [2.24, 2.45) is 0 Å². The number of anilines is 1. The van der Waals surface area contributed by atoms with Crippen LogP contribution in [0.3, 0.4) is 0 Å². The van der Waals surface area contributed by atoms with Crippen LogP contribution in [0.25, 0.3) is 0 Å². The molecule has 24 heavy (non-hydrogen) atoms. The molecule has 2 aromatic rings.